The first-order valence-corrected chi connectivity index (χ1v) is 8.93. The molecule has 0 spiro atoms. The molecule has 1 aliphatic rings. The largest absolute Gasteiger partial charge is 0.491 e. The molecule has 0 radical (unpaired) electrons. The van der Waals surface area contributed by atoms with E-state index in [1.807, 2.05) is 43.3 Å². The van der Waals surface area contributed by atoms with Gasteiger partial charge in [0, 0.05) is 12.2 Å². The van der Waals surface area contributed by atoms with Crippen molar-refractivity contribution in [3.63, 3.8) is 0 Å². The Kier molecular flexibility index (Phi) is 5.61. The molecule has 2 aromatic rings. The number of likely N-dealkylation sites (N-methyl/N-ethyl adjacent to an activating group) is 1. The molecule has 4 heteroatoms. The van der Waals surface area contributed by atoms with Crippen LogP contribution in [-0.2, 0) is 6.42 Å². The lowest BCUT2D eigenvalue weighted by Gasteiger charge is -2.18. The first kappa shape index (κ1) is 17.8. The number of hydrogen-bond donors (Lipinski definition) is 2. The molecule has 1 aliphatic carbocycles. The summed E-state index contributed by atoms with van der Waals surface area (Å²) in [4.78, 5) is 1.95. The van der Waals surface area contributed by atoms with Gasteiger partial charge in [0.1, 0.15) is 18.5 Å². The van der Waals surface area contributed by atoms with E-state index in [0.29, 0.717) is 19.2 Å². The van der Waals surface area contributed by atoms with E-state index in [1.54, 1.807) is 0 Å². The molecule has 0 aromatic heterocycles. The van der Waals surface area contributed by atoms with Crippen molar-refractivity contribution in [2.75, 3.05) is 32.6 Å². The Balaban J connectivity index is 1.56. The molecule has 0 bridgehead atoms. The van der Waals surface area contributed by atoms with Gasteiger partial charge in [0.2, 0.25) is 0 Å². The Hall–Kier alpha value is -2.04. The maximum atomic E-state index is 9.86. The van der Waals surface area contributed by atoms with Crippen LogP contribution in [0.25, 0.3) is 0 Å². The lowest BCUT2D eigenvalue weighted by atomic mass is 10.0. The van der Waals surface area contributed by atoms with Gasteiger partial charge in [0.25, 0.3) is 0 Å². The molecule has 2 aromatic carbocycles. The van der Waals surface area contributed by atoms with E-state index in [9.17, 15) is 5.11 Å². The van der Waals surface area contributed by atoms with Crippen LogP contribution < -0.4 is 10.1 Å². The molecule has 4 nitrogen and oxygen atoms in total. The Bertz CT molecular complexity index is 698. The van der Waals surface area contributed by atoms with Crippen molar-refractivity contribution in [1.82, 2.24) is 4.90 Å². The maximum absolute atomic E-state index is 9.86. The zero-order chi connectivity index (χ0) is 17.8. The molecule has 0 saturated carbocycles. The number of nitrogens with zero attached hydrogens (tertiary/aromatic N) is 1. The summed E-state index contributed by atoms with van der Waals surface area (Å²) < 4.78 is 5.66. The molecule has 3 rings (SSSR count). The number of aliphatic hydroxyl groups is 1. The van der Waals surface area contributed by atoms with Crippen molar-refractivity contribution in [3.8, 4) is 5.75 Å². The monoisotopic (exact) mass is 340 g/mol. The number of aryl methyl sites for hydroxylation is 2. The topological polar surface area (TPSA) is 44.7 Å². The Morgan fingerprint density at radius 3 is 2.68 bits per heavy atom. The third-order valence-electron chi connectivity index (χ3n) is 4.59. The van der Waals surface area contributed by atoms with Crippen LogP contribution in [0, 0.1) is 6.92 Å². The Labute approximate surface area is 150 Å². The molecule has 0 saturated heterocycles. The van der Waals surface area contributed by atoms with Crippen LogP contribution in [0.5, 0.6) is 5.75 Å². The first-order valence-electron chi connectivity index (χ1n) is 8.93. The second-order valence-electron chi connectivity index (χ2n) is 7.19. The van der Waals surface area contributed by atoms with Gasteiger partial charge in [0.15, 0.2) is 0 Å². The summed E-state index contributed by atoms with van der Waals surface area (Å²) in [5, 5.41) is 13.5. The fraction of sp³-hybridized carbons (Fsp3) is 0.429. The minimum atomic E-state index is -0.481. The van der Waals surface area contributed by atoms with E-state index in [4.69, 9.17) is 4.74 Å². The number of ether oxygens (including phenoxy) is 1. The highest BCUT2D eigenvalue weighted by Crippen LogP contribution is 2.34. The quantitative estimate of drug-likeness (QED) is 0.811. The number of anilines is 1. The lowest BCUT2D eigenvalue weighted by Crippen LogP contribution is -2.30. The summed E-state index contributed by atoms with van der Waals surface area (Å²) in [6.45, 7) is 3.05. The van der Waals surface area contributed by atoms with Crippen LogP contribution in [-0.4, -0.2) is 43.4 Å². The van der Waals surface area contributed by atoms with Crippen LogP contribution in [0.15, 0.2) is 42.5 Å². The summed E-state index contributed by atoms with van der Waals surface area (Å²) in [5.41, 5.74) is 5.29. The highest BCUT2D eigenvalue weighted by molar-refractivity contribution is 5.50. The van der Waals surface area contributed by atoms with E-state index < -0.39 is 6.10 Å². The zero-order valence-corrected chi connectivity index (χ0v) is 15.3. The average Bonchev–Trinajstić information content (AvgIpc) is 2.96. The van der Waals surface area contributed by atoms with Gasteiger partial charge < -0.3 is 20.1 Å². The summed E-state index contributed by atoms with van der Waals surface area (Å²) in [6.07, 6.45) is 1.79. The summed E-state index contributed by atoms with van der Waals surface area (Å²) in [6, 6.07) is 15.1. The average molecular weight is 340 g/mol. The Morgan fingerprint density at radius 1 is 1.20 bits per heavy atom. The van der Waals surface area contributed by atoms with Gasteiger partial charge in [-0.2, -0.15) is 0 Å². The van der Waals surface area contributed by atoms with Gasteiger partial charge in [-0.25, -0.2) is 0 Å². The molecule has 0 fully saturated rings. The van der Waals surface area contributed by atoms with Gasteiger partial charge in [-0.15, -0.1) is 0 Å². The summed E-state index contributed by atoms with van der Waals surface area (Å²) in [7, 11) is 3.87. The third kappa shape index (κ3) is 4.74. The fourth-order valence-electron chi connectivity index (χ4n) is 3.39. The van der Waals surface area contributed by atoms with Crippen molar-refractivity contribution in [2.45, 2.75) is 31.9 Å². The minimum Gasteiger partial charge on any atom is -0.491 e. The first-order chi connectivity index (χ1) is 12.0. The van der Waals surface area contributed by atoms with Gasteiger partial charge >= 0.3 is 0 Å². The maximum Gasteiger partial charge on any atom is 0.119 e. The molecule has 0 heterocycles. The van der Waals surface area contributed by atoms with Crippen LogP contribution in [0.4, 0.5) is 5.69 Å². The van der Waals surface area contributed by atoms with Gasteiger partial charge in [-0.3, -0.25) is 0 Å². The number of aliphatic hydroxyl groups excluding tert-OH is 1. The molecule has 2 N–H and O–H groups in total. The number of rotatable bonds is 7. The zero-order valence-electron chi connectivity index (χ0n) is 15.3. The van der Waals surface area contributed by atoms with E-state index in [1.165, 1.54) is 16.7 Å². The minimum absolute atomic E-state index is 0.306. The predicted octanol–water partition coefficient (Wildman–Crippen LogP) is 3.40. The van der Waals surface area contributed by atoms with Crippen molar-refractivity contribution < 1.29 is 9.84 Å². The Morgan fingerprint density at radius 2 is 1.96 bits per heavy atom. The van der Waals surface area contributed by atoms with Crippen molar-refractivity contribution in [1.29, 1.82) is 0 Å². The molecule has 2 unspecified atom stereocenters. The highest BCUT2D eigenvalue weighted by atomic mass is 16.5. The summed E-state index contributed by atoms with van der Waals surface area (Å²) >= 11 is 0. The molecular weight excluding hydrogens is 312 g/mol. The molecule has 25 heavy (non-hydrogen) atoms. The lowest BCUT2D eigenvalue weighted by molar-refractivity contribution is 0.0831. The molecular formula is C21H28N2O2. The van der Waals surface area contributed by atoms with Crippen molar-refractivity contribution in [2.24, 2.45) is 0 Å². The molecule has 134 valence electrons. The van der Waals surface area contributed by atoms with E-state index in [-0.39, 0.29) is 0 Å². The number of fused-ring (bicyclic) bond motifs is 1. The van der Waals surface area contributed by atoms with Crippen molar-refractivity contribution in [3.05, 3.63) is 59.2 Å². The second kappa shape index (κ2) is 7.89. The van der Waals surface area contributed by atoms with Crippen LogP contribution in [0.2, 0.25) is 0 Å². The predicted molar refractivity (Wildman–Crippen MR) is 102 cm³/mol. The van der Waals surface area contributed by atoms with Gasteiger partial charge in [-0.1, -0.05) is 23.8 Å². The number of hydrogen-bond acceptors (Lipinski definition) is 4. The van der Waals surface area contributed by atoms with Crippen molar-refractivity contribution >= 4 is 5.69 Å². The number of nitrogens with one attached hydrogen (secondary N) is 1. The molecule has 0 aliphatic heterocycles. The fourth-order valence-corrected chi connectivity index (χ4v) is 3.39. The van der Waals surface area contributed by atoms with Crippen LogP contribution in [0.1, 0.15) is 29.2 Å². The normalized spacial score (nSPS) is 17.4. The SMILES string of the molecule is Cc1ccc2c(c1)C(Nc1ccc(OCC(O)CN(C)C)cc1)CC2. The van der Waals surface area contributed by atoms with Gasteiger partial charge in [-0.05, 0) is 69.3 Å². The van der Waals surface area contributed by atoms with E-state index in [2.05, 4.69) is 30.4 Å². The van der Waals surface area contributed by atoms with E-state index >= 15 is 0 Å². The molecule has 0 amide bonds. The number of benzene rings is 2. The van der Waals surface area contributed by atoms with Gasteiger partial charge in [0.05, 0.1) is 6.04 Å². The van der Waals surface area contributed by atoms with Crippen LogP contribution in [0.3, 0.4) is 0 Å². The second-order valence-corrected chi connectivity index (χ2v) is 7.19. The molecule has 2 atom stereocenters. The smallest absolute Gasteiger partial charge is 0.119 e. The highest BCUT2D eigenvalue weighted by Gasteiger charge is 2.22. The van der Waals surface area contributed by atoms with E-state index in [0.717, 1.165) is 24.3 Å². The van der Waals surface area contributed by atoms with Crippen LogP contribution >= 0.6 is 0 Å². The summed E-state index contributed by atoms with van der Waals surface area (Å²) in [5.74, 6) is 0.783. The standard InChI is InChI=1S/C21H28N2O2/c1-15-4-5-16-6-11-21(20(16)12-15)22-17-7-9-19(10-8-17)25-14-18(24)13-23(2)3/h4-5,7-10,12,18,21-22,24H,6,11,13-14H2,1-3H3. The third-order valence-corrected chi connectivity index (χ3v) is 4.59.